The zero-order chi connectivity index (χ0) is 20.4. The number of carbonyl (C=O) groups excluding carboxylic acids is 1. The first-order valence-electron chi connectivity index (χ1n) is 8.58. The summed E-state index contributed by atoms with van der Waals surface area (Å²) in [6.45, 7) is 3.85. The van der Waals surface area contributed by atoms with Gasteiger partial charge in [0.25, 0.3) is 5.91 Å². The monoisotopic (exact) mass is 401 g/mol. The minimum absolute atomic E-state index is 0.148. The zero-order valence-electron chi connectivity index (χ0n) is 16.0. The Morgan fingerprint density at radius 1 is 1.11 bits per heavy atom. The van der Waals surface area contributed by atoms with E-state index in [9.17, 15) is 9.59 Å². The molecule has 0 unspecified atom stereocenters. The van der Waals surface area contributed by atoms with E-state index in [-0.39, 0.29) is 12.5 Å². The van der Waals surface area contributed by atoms with Crippen molar-refractivity contribution in [2.24, 2.45) is 0 Å². The molecule has 0 radical (unpaired) electrons. The highest BCUT2D eigenvalue weighted by Gasteiger charge is 2.15. The summed E-state index contributed by atoms with van der Waals surface area (Å²) in [5, 5.41) is 4.16. The summed E-state index contributed by atoms with van der Waals surface area (Å²) in [5.74, 6) is 0.684. The van der Waals surface area contributed by atoms with Gasteiger partial charge in [-0.05, 0) is 54.8 Å². The van der Waals surface area contributed by atoms with Crippen molar-refractivity contribution in [1.29, 1.82) is 0 Å². The number of aryl methyl sites for hydroxylation is 2. The van der Waals surface area contributed by atoms with Crippen molar-refractivity contribution in [1.82, 2.24) is 5.32 Å². The summed E-state index contributed by atoms with van der Waals surface area (Å²) in [7, 11) is 3.03. The molecule has 0 atom stereocenters. The molecule has 0 fully saturated rings. The molecule has 146 valence electrons. The molecular weight excluding hydrogens is 382 g/mol. The van der Waals surface area contributed by atoms with E-state index in [2.05, 4.69) is 5.32 Å². The van der Waals surface area contributed by atoms with Crippen LogP contribution in [0, 0.1) is 13.8 Å². The van der Waals surface area contributed by atoms with E-state index in [4.69, 9.17) is 25.5 Å². The van der Waals surface area contributed by atoms with Crippen LogP contribution in [0.1, 0.15) is 27.0 Å². The molecule has 1 aromatic heterocycles. The smallest absolute Gasteiger partial charge is 0.336 e. The van der Waals surface area contributed by atoms with Crippen molar-refractivity contribution >= 4 is 28.5 Å². The van der Waals surface area contributed by atoms with Crippen LogP contribution < -0.4 is 20.4 Å². The average molecular weight is 402 g/mol. The van der Waals surface area contributed by atoms with Gasteiger partial charge in [0.15, 0.2) is 11.5 Å². The zero-order valence-corrected chi connectivity index (χ0v) is 16.8. The minimum atomic E-state index is -0.482. The van der Waals surface area contributed by atoms with Crippen molar-refractivity contribution in [2.45, 2.75) is 20.4 Å². The molecule has 2 aromatic carbocycles. The Morgan fingerprint density at radius 2 is 1.82 bits per heavy atom. The molecule has 0 aliphatic rings. The Balaban J connectivity index is 1.93. The van der Waals surface area contributed by atoms with Crippen LogP contribution >= 0.6 is 11.6 Å². The Morgan fingerprint density at radius 3 is 2.50 bits per heavy atom. The van der Waals surface area contributed by atoms with Gasteiger partial charge in [0.2, 0.25) is 0 Å². The standard InChI is InChI=1S/C21H20ClNO5/c1-11-7-17-19(12(2)20(11)22)14(9-18(24)28-17)10-23-21(25)13-5-6-15(26-3)16(8-13)27-4/h5-9H,10H2,1-4H3,(H,23,25). The van der Waals surface area contributed by atoms with Crippen molar-refractivity contribution in [3.05, 3.63) is 68.0 Å². The average Bonchev–Trinajstić information content (AvgIpc) is 2.69. The van der Waals surface area contributed by atoms with E-state index in [1.54, 1.807) is 24.3 Å². The second kappa shape index (κ2) is 7.94. The number of halogens is 1. The van der Waals surface area contributed by atoms with E-state index in [1.165, 1.54) is 20.3 Å². The highest BCUT2D eigenvalue weighted by molar-refractivity contribution is 6.33. The predicted octanol–water partition coefficient (Wildman–Crippen LogP) is 4.01. The Labute approximate surface area is 167 Å². The van der Waals surface area contributed by atoms with E-state index in [0.29, 0.717) is 33.2 Å². The van der Waals surface area contributed by atoms with Crippen LogP contribution in [0.15, 0.2) is 39.5 Å². The first-order chi connectivity index (χ1) is 13.3. The van der Waals surface area contributed by atoms with Crippen LogP contribution in [0.5, 0.6) is 11.5 Å². The van der Waals surface area contributed by atoms with Gasteiger partial charge in [-0.1, -0.05) is 11.6 Å². The summed E-state index contributed by atoms with van der Waals surface area (Å²) < 4.78 is 15.7. The molecule has 3 rings (SSSR count). The van der Waals surface area contributed by atoms with E-state index >= 15 is 0 Å². The molecule has 7 heteroatoms. The SMILES string of the molecule is COc1ccc(C(=O)NCc2cc(=O)oc3cc(C)c(Cl)c(C)c23)cc1OC. The van der Waals surface area contributed by atoms with Gasteiger partial charge in [-0.25, -0.2) is 4.79 Å². The molecule has 0 spiro atoms. The van der Waals surface area contributed by atoms with Crippen LogP contribution in [0.25, 0.3) is 11.0 Å². The van der Waals surface area contributed by atoms with Crippen LogP contribution in [-0.4, -0.2) is 20.1 Å². The lowest BCUT2D eigenvalue weighted by atomic mass is 10.0. The largest absolute Gasteiger partial charge is 0.493 e. The molecule has 1 N–H and O–H groups in total. The topological polar surface area (TPSA) is 77.8 Å². The summed E-state index contributed by atoms with van der Waals surface area (Å²) in [6, 6.07) is 7.99. The van der Waals surface area contributed by atoms with E-state index in [1.807, 2.05) is 13.8 Å². The summed E-state index contributed by atoms with van der Waals surface area (Å²) in [5.41, 5.74) is 2.64. The summed E-state index contributed by atoms with van der Waals surface area (Å²) in [4.78, 5) is 24.5. The molecular formula is C21H20ClNO5. The molecule has 0 saturated carbocycles. The number of rotatable bonds is 5. The van der Waals surface area contributed by atoms with Gasteiger partial charge in [-0.3, -0.25) is 4.79 Å². The predicted molar refractivity (Wildman–Crippen MR) is 108 cm³/mol. The van der Waals surface area contributed by atoms with Gasteiger partial charge < -0.3 is 19.2 Å². The fourth-order valence-corrected chi connectivity index (χ4v) is 3.30. The maximum atomic E-state index is 12.6. The van der Waals surface area contributed by atoms with Gasteiger partial charge in [0.1, 0.15) is 5.58 Å². The van der Waals surface area contributed by atoms with Crippen LogP contribution in [0.4, 0.5) is 0 Å². The summed E-state index contributed by atoms with van der Waals surface area (Å²) in [6.07, 6.45) is 0. The number of carbonyl (C=O) groups is 1. The van der Waals surface area contributed by atoms with Gasteiger partial charge in [-0.2, -0.15) is 0 Å². The first-order valence-corrected chi connectivity index (χ1v) is 8.96. The molecule has 1 amide bonds. The van der Waals surface area contributed by atoms with Crippen LogP contribution in [0.3, 0.4) is 0 Å². The molecule has 0 saturated heterocycles. The lowest BCUT2D eigenvalue weighted by molar-refractivity contribution is 0.0950. The number of nitrogens with one attached hydrogen (secondary N) is 1. The molecule has 28 heavy (non-hydrogen) atoms. The highest BCUT2D eigenvalue weighted by atomic mass is 35.5. The van der Waals surface area contributed by atoms with Crippen LogP contribution in [-0.2, 0) is 6.54 Å². The Kier molecular flexibility index (Phi) is 5.61. The lowest BCUT2D eigenvalue weighted by Gasteiger charge is -2.13. The number of hydrogen-bond acceptors (Lipinski definition) is 5. The van der Waals surface area contributed by atoms with Gasteiger partial charge in [-0.15, -0.1) is 0 Å². The third kappa shape index (κ3) is 3.68. The van der Waals surface area contributed by atoms with Gasteiger partial charge in [0, 0.05) is 28.6 Å². The normalized spacial score (nSPS) is 10.8. The fraction of sp³-hybridized carbons (Fsp3) is 0.238. The van der Waals surface area contributed by atoms with E-state index in [0.717, 1.165) is 16.5 Å². The van der Waals surface area contributed by atoms with E-state index < -0.39 is 5.63 Å². The van der Waals surface area contributed by atoms with Crippen molar-refractivity contribution in [3.63, 3.8) is 0 Å². The first kappa shape index (κ1) is 19.8. The third-order valence-corrected chi connectivity index (χ3v) is 5.13. The number of fused-ring (bicyclic) bond motifs is 1. The van der Waals surface area contributed by atoms with Crippen molar-refractivity contribution in [2.75, 3.05) is 14.2 Å². The molecule has 0 aliphatic carbocycles. The molecule has 6 nitrogen and oxygen atoms in total. The lowest BCUT2D eigenvalue weighted by Crippen LogP contribution is -2.23. The molecule has 1 heterocycles. The van der Waals surface area contributed by atoms with Gasteiger partial charge >= 0.3 is 5.63 Å². The van der Waals surface area contributed by atoms with Crippen molar-refractivity contribution in [3.8, 4) is 11.5 Å². The fourth-order valence-electron chi connectivity index (χ4n) is 3.15. The number of benzene rings is 2. The Bertz CT molecular complexity index is 1120. The third-order valence-electron chi connectivity index (χ3n) is 4.55. The second-order valence-electron chi connectivity index (χ2n) is 6.35. The number of ether oxygens (including phenoxy) is 2. The maximum absolute atomic E-state index is 12.6. The van der Waals surface area contributed by atoms with Crippen LogP contribution in [0.2, 0.25) is 5.02 Å². The molecule has 0 aliphatic heterocycles. The molecule has 3 aromatic rings. The minimum Gasteiger partial charge on any atom is -0.493 e. The summed E-state index contributed by atoms with van der Waals surface area (Å²) >= 11 is 6.36. The number of methoxy groups -OCH3 is 2. The quantitative estimate of drug-likeness (QED) is 0.653. The second-order valence-corrected chi connectivity index (χ2v) is 6.73. The number of hydrogen-bond donors (Lipinski definition) is 1. The Hall–Kier alpha value is -2.99. The van der Waals surface area contributed by atoms with Crippen molar-refractivity contribution < 1.29 is 18.7 Å². The highest BCUT2D eigenvalue weighted by Crippen LogP contribution is 2.31. The number of amides is 1. The maximum Gasteiger partial charge on any atom is 0.336 e. The molecule has 0 bridgehead atoms. The van der Waals surface area contributed by atoms with Gasteiger partial charge in [0.05, 0.1) is 14.2 Å².